The lowest BCUT2D eigenvalue weighted by atomic mass is 13.6. The van der Waals surface area contributed by atoms with Crippen LogP contribution in [-0.4, -0.2) is 18.6 Å². The highest BCUT2D eigenvalue weighted by Crippen LogP contribution is 1.84. The van der Waals surface area contributed by atoms with Gasteiger partial charge in [0, 0.05) is 0 Å². The molecule has 0 aliphatic rings. The molecule has 0 aliphatic heterocycles. The Morgan fingerprint density at radius 1 is 1.14 bits per heavy atom. The summed E-state index contributed by atoms with van der Waals surface area (Å²) in [5.41, 5.74) is 0. The first-order valence-corrected chi connectivity index (χ1v) is 3.04. The van der Waals surface area contributed by atoms with Crippen molar-refractivity contribution in [2.75, 3.05) is 0 Å². The van der Waals surface area contributed by atoms with Crippen molar-refractivity contribution in [1.82, 2.24) is 0 Å². The van der Waals surface area contributed by atoms with Crippen molar-refractivity contribution >= 4 is 9.05 Å². The maximum atomic E-state index is 8.13. The maximum Gasteiger partial charge on any atom is 0.708 e. The summed E-state index contributed by atoms with van der Waals surface area (Å²) in [4.78, 5) is 16.3. The Balaban J connectivity index is 3.36. The Hall–Kier alpha value is -0.0231. The Kier molecular flexibility index (Phi) is 2.32. The quantitative estimate of drug-likeness (QED) is 0.235. The molecule has 0 unspecified atom stereocenters. The predicted molar refractivity (Wildman–Crippen MR) is 20.7 cm³/mol. The lowest BCUT2D eigenvalue weighted by Gasteiger charge is -2.06. The third-order valence-electron chi connectivity index (χ3n) is 0.307. The molecular formula is H6N2O4Si. The van der Waals surface area contributed by atoms with E-state index in [4.69, 9.17) is 9.59 Å². The van der Waals surface area contributed by atoms with Crippen molar-refractivity contribution < 1.29 is 18.6 Å². The van der Waals surface area contributed by atoms with Gasteiger partial charge in [-0.05, 0) is 0 Å². The van der Waals surface area contributed by atoms with Crippen LogP contribution in [0.25, 0.3) is 0 Å². The zero-order valence-electron chi connectivity index (χ0n) is 3.37. The molecule has 0 spiro atoms. The van der Waals surface area contributed by atoms with E-state index in [2.05, 4.69) is 20.8 Å². The fourth-order valence-corrected chi connectivity index (χ4v) is 0.0833. The minimum Gasteiger partial charge on any atom is -0.366 e. The van der Waals surface area contributed by atoms with Gasteiger partial charge in [0.25, 0.3) is 0 Å². The van der Waals surface area contributed by atoms with Gasteiger partial charge in [-0.2, -0.15) is 0 Å². The normalized spacial score (nSPS) is 12.0. The van der Waals surface area contributed by atoms with Crippen molar-refractivity contribution in [2.24, 2.45) is 11.8 Å². The van der Waals surface area contributed by atoms with Gasteiger partial charge in [0.05, 0.1) is 0 Å². The number of nitrogens with two attached hydrogens (primary N) is 2. The van der Waals surface area contributed by atoms with Gasteiger partial charge in [-0.3, -0.25) is 9.05 Å². The molecule has 6 N–H and O–H groups in total. The summed E-state index contributed by atoms with van der Waals surface area (Å²) in [5, 5.41) is 0. The van der Waals surface area contributed by atoms with E-state index in [9.17, 15) is 0 Å². The molecule has 0 bridgehead atoms. The van der Waals surface area contributed by atoms with Gasteiger partial charge in [-0.1, -0.05) is 0 Å². The van der Waals surface area contributed by atoms with E-state index >= 15 is 0 Å². The second kappa shape index (κ2) is 2.33. The smallest absolute Gasteiger partial charge is 0.366 e. The van der Waals surface area contributed by atoms with Crippen LogP contribution in [0.5, 0.6) is 0 Å². The third kappa shape index (κ3) is 2.65. The first-order chi connectivity index (χ1) is 3.12. The van der Waals surface area contributed by atoms with Gasteiger partial charge in [-0.15, -0.1) is 0 Å². The molecule has 0 aliphatic carbocycles. The monoisotopic (exact) mass is 126 g/mol. The molecular weight excluding hydrogens is 120 g/mol. The lowest BCUT2D eigenvalue weighted by molar-refractivity contribution is 0.0230. The highest BCUT2D eigenvalue weighted by Gasteiger charge is 2.35. The molecule has 0 saturated heterocycles. The van der Waals surface area contributed by atoms with Gasteiger partial charge in [0.15, 0.2) is 0 Å². The first kappa shape index (κ1) is 6.98. The van der Waals surface area contributed by atoms with Crippen LogP contribution in [0.1, 0.15) is 0 Å². The van der Waals surface area contributed by atoms with Crippen molar-refractivity contribution in [3.8, 4) is 0 Å². The van der Waals surface area contributed by atoms with E-state index in [1.54, 1.807) is 0 Å². The van der Waals surface area contributed by atoms with Crippen LogP contribution in [0.4, 0.5) is 0 Å². The molecule has 0 rings (SSSR count). The average Bonchev–Trinajstić information content (AvgIpc) is 1.68. The van der Waals surface area contributed by atoms with Crippen LogP contribution in [0.3, 0.4) is 0 Å². The zero-order valence-corrected chi connectivity index (χ0v) is 4.37. The van der Waals surface area contributed by atoms with Crippen LogP contribution >= 0.6 is 0 Å². The molecule has 0 fully saturated rings. The van der Waals surface area contributed by atoms with E-state index in [1.165, 1.54) is 0 Å². The summed E-state index contributed by atoms with van der Waals surface area (Å²) in [6.07, 6.45) is 0. The fourth-order valence-electron chi connectivity index (χ4n) is 0.0278. The molecule has 0 aromatic rings. The zero-order chi connectivity index (χ0) is 5.91. The third-order valence-corrected chi connectivity index (χ3v) is 0.921. The van der Waals surface area contributed by atoms with Gasteiger partial charge in [0.1, 0.15) is 0 Å². The molecule has 7 heteroatoms. The Labute approximate surface area is 40.7 Å². The van der Waals surface area contributed by atoms with Crippen LogP contribution < -0.4 is 11.8 Å². The van der Waals surface area contributed by atoms with E-state index in [0.29, 0.717) is 0 Å². The largest absolute Gasteiger partial charge is 0.708 e. The summed E-state index contributed by atoms with van der Waals surface area (Å²) < 4.78 is 6.98. The van der Waals surface area contributed by atoms with Gasteiger partial charge < -0.3 is 9.59 Å². The van der Waals surface area contributed by atoms with Crippen molar-refractivity contribution in [3.63, 3.8) is 0 Å². The van der Waals surface area contributed by atoms with Crippen LogP contribution in [0, 0.1) is 0 Å². The topological polar surface area (TPSA) is 111 Å². The number of hydrogen-bond acceptors (Lipinski definition) is 6. The van der Waals surface area contributed by atoms with Crippen molar-refractivity contribution in [1.29, 1.82) is 0 Å². The molecule has 44 valence electrons. The average molecular weight is 126 g/mol. The minimum absolute atomic E-state index is 3.49. The Bertz CT molecular complexity index is 47.7. The van der Waals surface area contributed by atoms with Crippen molar-refractivity contribution in [3.05, 3.63) is 0 Å². The van der Waals surface area contributed by atoms with Gasteiger partial charge >= 0.3 is 9.05 Å². The minimum atomic E-state index is -4.10. The second-order valence-corrected chi connectivity index (χ2v) is 2.35. The summed E-state index contributed by atoms with van der Waals surface area (Å²) in [6, 6.07) is 0. The van der Waals surface area contributed by atoms with E-state index in [1.807, 2.05) is 0 Å². The molecule has 0 amide bonds. The molecule has 0 saturated carbocycles. The fraction of sp³-hybridized carbons (Fsp3) is 0. The highest BCUT2D eigenvalue weighted by atomic mass is 28.4. The maximum absolute atomic E-state index is 8.13. The second-order valence-electron chi connectivity index (χ2n) is 0.784. The first-order valence-electron chi connectivity index (χ1n) is 1.33. The molecule has 0 heterocycles. The van der Waals surface area contributed by atoms with Crippen LogP contribution in [0.2, 0.25) is 0 Å². The standard InChI is InChI=1S/H6N2O4Si/c1-5-7(3,4)6-2/h3-4H,1-2H2. The molecule has 6 nitrogen and oxygen atoms in total. The van der Waals surface area contributed by atoms with E-state index in [0.717, 1.165) is 0 Å². The summed E-state index contributed by atoms with van der Waals surface area (Å²) in [5.74, 6) is 8.55. The summed E-state index contributed by atoms with van der Waals surface area (Å²) >= 11 is 0. The number of hydrogen-bond donors (Lipinski definition) is 4. The van der Waals surface area contributed by atoms with Crippen LogP contribution in [-0.2, 0) is 9.05 Å². The van der Waals surface area contributed by atoms with Gasteiger partial charge in [0.2, 0.25) is 0 Å². The summed E-state index contributed by atoms with van der Waals surface area (Å²) in [6.45, 7) is 0. The highest BCUT2D eigenvalue weighted by molar-refractivity contribution is 6.49. The van der Waals surface area contributed by atoms with Crippen LogP contribution in [0.15, 0.2) is 0 Å². The predicted octanol–water partition coefficient (Wildman–Crippen LogP) is -2.81. The molecule has 0 atom stereocenters. The van der Waals surface area contributed by atoms with Gasteiger partial charge in [-0.25, -0.2) is 11.8 Å². The SMILES string of the molecule is NO[Si](O)(O)ON. The Morgan fingerprint density at radius 2 is 1.43 bits per heavy atom. The number of rotatable bonds is 2. The van der Waals surface area contributed by atoms with E-state index in [-0.39, 0.29) is 0 Å². The van der Waals surface area contributed by atoms with E-state index < -0.39 is 9.05 Å². The Morgan fingerprint density at radius 3 is 1.43 bits per heavy atom. The molecule has 0 aromatic carbocycles. The molecule has 0 aromatic heterocycles. The lowest BCUT2D eigenvalue weighted by Crippen LogP contribution is -2.47. The van der Waals surface area contributed by atoms with Crippen molar-refractivity contribution in [2.45, 2.75) is 0 Å². The molecule has 0 radical (unpaired) electrons. The summed E-state index contributed by atoms with van der Waals surface area (Å²) in [7, 11) is -4.10. The molecule has 7 heavy (non-hydrogen) atoms.